The van der Waals surface area contributed by atoms with E-state index in [0.717, 1.165) is 48.5 Å². The van der Waals surface area contributed by atoms with Crippen molar-refractivity contribution in [2.75, 3.05) is 9.80 Å². The molecule has 2 fully saturated rings. The van der Waals surface area contributed by atoms with Crippen LogP contribution in [0.4, 0.5) is 29.7 Å². The number of hydrogen-bond donors (Lipinski definition) is 2. The Morgan fingerprint density at radius 1 is 0.615 bits per heavy atom. The van der Waals surface area contributed by atoms with E-state index in [2.05, 4.69) is 15.6 Å². The number of nitrogens with one attached hydrogen (secondary N) is 2. The maximum absolute atomic E-state index is 13.7. The van der Waals surface area contributed by atoms with Crippen LogP contribution in [0.1, 0.15) is 11.5 Å². The molecule has 0 bridgehead atoms. The fourth-order valence-corrected chi connectivity index (χ4v) is 4.65. The summed E-state index contributed by atoms with van der Waals surface area (Å²) in [5.74, 6) is -10.7. The predicted molar refractivity (Wildman–Crippen MR) is 129 cm³/mol. The molecule has 3 atom stereocenters. The van der Waals surface area contributed by atoms with Crippen LogP contribution in [0.2, 0.25) is 0 Å². The van der Waals surface area contributed by atoms with Crippen LogP contribution in [0.25, 0.3) is 0 Å². The van der Waals surface area contributed by atoms with E-state index < -0.39 is 65.1 Å². The van der Waals surface area contributed by atoms with Gasteiger partial charge in [0.1, 0.15) is 23.5 Å². The third-order valence-electron chi connectivity index (χ3n) is 6.38. The minimum Gasteiger partial charge on any atom is -0.277 e. The fourth-order valence-electron chi connectivity index (χ4n) is 4.65. The molecule has 0 saturated carbocycles. The first-order valence-corrected chi connectivity index (χ1v) is 11.5. The predicted octanol–water partition coefficient (Wildman–Crippen LogP) is 2.24. The number of halogens is 2. The number of barbiturate groups is 2. The Morgan fingerprint density at radius 2 is 1.00 bits per heavy atom. The maximum atomic E-state index is 13.7. The number of benzene rings is 2. The Morgan fingerprint density at radius 3 is 1.38 bits per heavy atom. The zero-order valence-corrected chi connectivity index (χ0v) is 19.7. The van der Waals surface area contributed by atoms with Crippen LogP contribution in [0.15, 0.2) is 73.1 Å². The lowest BCUT2D eigenvalue weighted by molar-refractivity contribution is -0.140. The molecule has 2 saturated heterocycles. The van der Waals surface area contributed by atoms with Gasteiger partial charge in [-0.2, -0.15) is 0 Å². The number of anilines is 2. The van der Waals surface area contributed by atoms with Crippen LogP contribution in [-0.2, 0) is 19.2 Å². The first-order valence-electron chi connectivity index (χ1n) is 11.5. The number of amides is 8. The van der Waals surface area contributed by atoms with Crippen molar-refractivity contribution in [3.8, 4) is 0 Å². The number of carbonyl (C=O) groups is 6. The highest BCUT2D eigenvalue weighted by atomic mass is 19.1. The van der Waals surface area contributed by atoms with E-state index in [9.17, 15) is 37.5 Å². The second kappa shape index (κ2) is 9.85. The van der Waals surface area contributed by atoms with E-state index in [1.165, 1.54) is 24.5 Å². The molecule has 3 heterocycles. The van der Waals surface area contributed by atoms with E-state index in [4.69, 9.17) is 0 Å². The van der Waals surface area contributed by atoms with E-state index in [-0.39, 0.29) is 16.9 Å². The van der Waals surface area contributed by atoms with Crippen molar-refractivity contribution in [3.63, 3.8) is 0 Å². The summed E-state index contributed by atoms with van der Waals surface area (Å²) in [7, 11) is 0. The summed E-state index contributed by atoms with van der Waals surface area (Å²) >= 11 is 0. The summed E-state index contributed by atoms with van der Waals surface area (Å²) in [4.78, 5) is 84.2. The Labute approximate surface area is 218 Å². The zero-order valence-electron chi connectivity index (χ0n) is 19.7. The highest BCUT2D eigenvalue weighted by Gasteiger charge is 2.55. The van der Waals surface area contributed by atoms with E-state index in [1.54, 1.807) is 0 Å². The number of aromatic nitrogens is 1. The number of nitrogens with zero attached hydrogens (tertiary/aromatic N) is 3. The van der Waals surface area contributed by atoms with Gasteiger partial charge in [-0.05, 0) is 66.2 Å². The summed E-state index contributed by atoms with van der Waals surface area (Å²) < 4.78 is 27.0. The second-order valence-electron chi connectivity index (χ2n) is 8.65. The van der Waals surface area contributed by atoms with Crippen LogP contribution in [-0.4, -0.2) is 40.7 Å². The minimum absolute atomic E-state index is 0.0626. The minimum atomic E-state index is -1.81. The van der Waals surface area contributed by atoms with Gasteiger partial charge < -0.3 is 0 Å². The van der Waals surface area contributed by atoms with Crippen molar-refractivity contribution in [2.45, 2.75) is 5.92 Å². The monoisotopic (exact) mass is 533 g/mol. The van der Waals surface area contributed by atoms with Crippen molar-refractivity contribution in [1.82, 2.24) is 15.6 Å². The van der Waals surface area contributed by atoms with Crippen LogP contribution in [0.5, 0.6) is 0 Å². The summed E-state index contributed by atoms with van der Waals surface area (Å²) in [5, 5.41) is 4.11. The highest BCUT2D eigenvalue weighted by Crippen LogP contribution is 2.39. The summed E-state index contributed by atoms with van der Waals surface area (Å²) in [5.41, 5.74) is 0.0358. The normalized spacial score (nSPS) is 20.6. The molecule has 0 spiro atoms. The molecular formula is C26H17F2N5O6. The molecule has 2 aromatic carbocycles. The summed E-state index contributed by atoms with van der Waals surface area (Å²) in [6.45, 7) is 0. The van der Waals surface area contributed by atoms with E-state index in [1.807, 2.05) is 0 Å². The van der Waals surface area contributed by atoms with Crippen molar-refractivity contribution in [3.05, 3.63) is 90.3 Å². The molecule has 2 aliphatic heterocycles. The second-order valence-corrected chi connectivity index (χ2v) is 8.65. The molecular weight excluding hydrogens is 516 g/mol. The average molecular weight is 533 g/mol. The smallest absolute Gasteiger partial charge is 0.277 e. The van der Waals surface area contributed by atoms with Gasteiger partial charge in [-0.3, -0.25) is 34.8 Å². The molecule has 0 aliphatic carbocycles. The summed E-state index contributed by atoms with van der Waals surface area (Å²) in [6.07, 6.45) is 2.62. The van der Waals surface area contributed by atoms with Crippen molar-refractivity contribution < 1.29 is 37.5 Å². The van der Waals surface area contributed by atoms with Gasteiger partial charge in [0.2, 0.25) is 23.6 Å². The Kier molecular flexibility index (Phi) is 6.40. The average Bonchev–Trinajstić information content (AvgIpc) is 2.90. The van der Waals surface area contributed by atoms with Crippen LogP contribution in [0, 0.1) is 23.5 Å². The van der Waals surface area contributed by atoms with Crippen LogP contribution >= 0.6 is 0 Å². The number of hydrogen-bond acceptors (Lipinski definition) is 7. The number of carbonyl (C=O) groups excluding carboxylic acids is 6. The number of pyridine rings is 1. The van der Waals surface area contributed by atoms with Gasteiger partial charge in [0.25, 0.3) is 0 Å². The van der Waals surface area contributed by atoms with Crippen molar-refractivity contribution in [2.24, 2.45) is 11.8 Å². The largest absolute Gasteiger partial charge is 0.335 e. The van der Waals surface area contributed by atoms with E-state index in [0.29, 0.717) is 9.80 Å². The van der Waals surface area contributed by atoms with Gasteiger partial charge >= 0.3 is 12.1 Å². The molecule has 2 N–H and O–H groups in total. The van der Waals surface area contributed by atoms with Crippen LogP contribution < -0.4 is 20.4 Å². The first kappa shape index (κ1) is 25.3. The standard InChI is InChI=1S/C26H17F2N5O6/c27-14-1-5-16(6-2-14)32-23(36)19(21(34)30-25(32)38)18(13-9-11-29-12-10-13)20-22(35)31-26(39)33(24(20)37)17-7-3-15(28)4-8-17/h1-12,18-20H,(H,30,34,38)(H,31,35,39)/t18?,19-,20+. The summed E-state index contributed by atoms with van der Waals surface area (Å²) in [6, 6.07) is 9.15. The third-order valence-corrected chi connectivity index (χ3v) is 6.38. The quantitative estimate of drug-likeness (QED) is 0.479. The highest BCUT2D eigenvalue weighted by molar-refractivity contribution is 6.31. The van der Waals surface area contributed by atoms with Crippen molar-refractivity contribution in [1.29, 1.82) is 0 Å². The maximum Gasteiger partial charge on any atom is 0.335 e. The molecule has 0 radical (unpaired) electrons. The van der Waals surface area contributed by atoms with Gasteiger partial charge in [-0.25, -0.2) is 28.2 Å². The fraction of sp³-hybridized carbons (Fsp3) is 0.115. The van der Waals surface area contributed by atoms with Gasteiger partial charge in [-0.1, -0.05) is 0 Å². The number of urea groups is 2. The lowest BCUT2D eigenvalue weighted by Crippen LogP contribution is -2.64. The SMILES string of the molecule is O=C1NC(=O)N(c2ccc(F)cc2)C(=O)[C@@H]1C(c1ccncc1)[C@H]1C(=O)NC(=O)N(c2ccc(F)cc2)C1=O. The first-order chi connectivity index (χ1) is 18.7. The number of imide groups is 4. The third kappa shape index (κ3) is 4.50. The Balaban J connectivity index is 1.62. The molecule has 5 rings (SSSR count). The topological polar surface area (TPSA) is 146 Å². The van der Waals surface area contributed by atoms with E-state index >= 15 is 0 Å². The molecule has 11 nitrogen and oxygen atoms in total. The van der Waals surface area contributed by atoms with Gasteiger partial charge in [0.05, 0.1) is 11.4 Å². The van der Waals surface area contributed by atoms with Crippen LogP contribution in [0.3, 0.4) is 0 Å². The Bertz CT molecular complexity index is 1420. The molecule has 39 heavy (non-hydrogen) atoms. The van der Waals surface area contributed by atoms with Crippen molar-refractivity contribution >= 4 is 47.1 Å². The molecule has 8 amide bonds. The molecule has 13 heteroatoms. The zero-order chi connectivity index (χ0) is 27.8. The lowest BCUT2D eigenvalue weighted by Gasteiger charge is -2.39. The number of rotatable bonds is 5. The molecule has 1 unspecified atom stereocenters. The van der Waals surface area contributed by atoms with Gasteiger partial charge in [-0.15, -0.1) is 0 Å². The Hall–Kier alpha value is -5.33. The van der Waals surface area contributed by atoms with Gasteiger partial charge in [0, 0.05) is 18.3 Å². The molecule has 196 valence electrons. The lowest BCUT2D eigenvalue weighted by atomic mass is 9.73. The molecule has 2 aliphatic rings. The van der Waals surface area contributed by atoms with Gasteiger partial charge in [0.15, 0.2) is 0 Å². The molecule has 1 aromatic heterocycles. The molecule has 3 aromatic rings.